The van der Waals surface area contributed by atoms with E-state index >= 15 is 0 Å². The third-order valence-corrected chi connectivity index (χ3v) is 4.30. The lowest BCUT2D eigenvalue weighted by Crippen LogP contribution is -2.09. The summed E-state index contributed by atoms with van der Waals surface area (Å²) in [5, 5.41) is 9.23. The Balaban J connectivity index is 2.04. The maximum atomic E-state index is 11.7. The lowest BCUT2D eigenvalue weighted by atomic mass is 10.0. The smallest absolute Gasteiger partial charge is 0.249 e. The van der Waals surface area contributed by atoms with Crippen molar-refractivity contribution in [3.63, 3.8) is 0 Å². The quantitative estimate of drug-likeness (QED) is 0.246. The third kappa shape index (κ3) is 3.02. The molecule has 0 aliphatic heterocycles. The minimum Gasteiger partial charge on any atom is -0.397 e. The standard InChI is InChI=1S/C20H15N7O/c21-10-11-2-1-3-12(8-11)19-18(13-4-5-14(22)16(9-13)27-23)24-15-6-7-17(28)25-20(15)26-19/h1-9,27H,22-23H2,(H,25,26,28). The van der Waals surface area contributed by atoms with E-state index in [9.17, 15) is 10.1 Å². The van der Waals surface area contributed by atoms with Gasteiger partial charge in [0, 0.05) is 17.2 Å². The van der Waals surface area contributed by atoms with Gasteiger partial charge in [-0.2, -0.15) is 5.26 Å². The number of hydrazine groups is 1. The molecule has 4 rings (SSSR count). The summed E-state index contributed by atoms with van der Waals surface area (Å²) in [4.78, 5) is 23.7. The Hall–Kier alpha value is -4.22. The lowest BCUT2D eigenvalue weighted by Gasteiger charge is -2.12. The maximum absolute atomic E-state index is 11.7. The predicted molar refractivity (Wildman–Crippen MR) is 108 cm³/mol. The van der Waals surface area contributed by atoms with Gasteiger partial charge in [-0.1, -0.05) is 18.2 Å². The van der Waals surface area contributed by atoms with Gasteiger partial charge < -0.3 is 16.1 Å². The number of hydrogen-bond acceptors (Lipinski definition) is 7. The van der Waals surface area contributed by atoms with Crippen molar-refractivity contribution < 1.29 is 0 Å². The van der Waals surface area contributed by atoms with E-state index in [-0.39, 0.29) is 5.56 Å². The van der Waals surface area contributed by atoms with E-state index in [1.807, 2.05) is 12.1 Å². The Morgan fingerprint density at radius 3 is 2.57 bits per heavy atom. The van der Waals surface area contributed by atoms with E-state index in [0.717, 1.165) is 5.56 Å². The highest BCUT2D eigenvalue weighted by molar-refractivity contribution is 5.87. The fraction of sp³-hybridized carbons (Fsp3) is 0. The van der Waals surface area contributed by atoms with Crippen molar-refractivity contribution in [2.24, 2.45) is 5.84 Å². The molecule has 6 N–H and O–H groups in total. The van der Waals surface area contributed by atoms with Crippen LogP contribution in [0.3, 0.4) is 0 Å². The number of aromatic amines is 1. The SMILES string of the molecule is N#Cc1cccc(-c2nc3[nH]c(=O)ccc3nc2-c2ccc(N)c(NN)c2)c1. The summed E-state index contributed by atoms with van der Waals surface area (Å²) in [6.45, 7) is 0. The van der Waals surface area contributed by atoms with Crippen molar-refractivity contribution in [3.8, 4) is 28.6 Å². The van der Waals surface area contributed by atoms with E-state index in [1.54, 1.807) is 36.4 Å². The van der Waals surface area contributed by atoms with E-state index in [1.165, 1.54) is 6.07 Å². The summed E-state index contributed by atoms with van der Waals surface area (Å²) in [5.41, 5.74) is 13.2. The zero-order chi connectivity index (χ0) is 19.7. The molecular formula is C20H15N7O. The monoisotopic (exact) mass is 369 g/mol. The molecule has 0 spiro atoms. The van der Waals surface area contributed by atoms with Crippen molar-refractivity contribution in [1.29, 1.82) is 5.26 Å². The molecule has 136 valence electrons. The first-order valence-electron chi connectivity index (χ1n) is 8.37. The highest BCUT2D eigenvalue weighted by atomic mass is 16.1. The van der Waals surface area contributed by atoms with Crippen molar-refractivity contribution in [3.05, 3.63) is 70.5 Å². The van der Waals surface area contributed by atoms with Crippen molar-refractivity contribution in [1.82, 2.24) is 15.0 Å². The molecule has 8 nitrogen and oxygen atoms in total. The van der Waals surface area contributed by atoms with Gasteiger partial charge in [-0.15, -0.1) is 0 Å². The Morgan fingerprint density at radius 1 is 1.00 bits per heavy atom. The molecule has 4 aromatic rings. The molecule has 0 amide bonds. The van der Waals surface area contributed by atoms with Crippen LogP contribution in [0.2, 0.25) is 0 Å². The summed E-state index contributed by atoms with van der Waals surface area (Å²) in [5.74, 6) is 5.55. The number of nitrogens with two attached hydrogens (primary N) is 2. The molecular weight excluding hydrogens is 354 g/mol. The molecule has 0 fully saturated rings. The van der Waals surface area contributed by atoms with E-state index in [0.29, 0.717) is 45.1 Å². The minimum absolute atomic E-state index is 0.270. The summed E-state index contributed by atoms with van der Waals surface area (Å²) in [6.07, 6.45) is 0. The summed E-state index contributed by atoms with van der Waals surface area (Å²) in [7, 11) is 0. The second kappa shape index (κ2) is 6.83. The largest absolute Gasteiger partial charge is 0.397 e. The van der Waals surface area contributed by atoms with Crippen molar-refractivity contribution in [2.45, 2.75) is 0 Å². The van der Waals surface area contributed by atoms with Gasteiger partial charge in [0.25, 0.3) is 0 Å². The van der Waals surface area contributed by atoms with Gasteiger partial charge >= 0.3 is 0 Å². The minimum atomic E-state index is -0.270. The fourth-order valence-electron chi connectivity index (χ4n) is 2.94. The molecule has 0 bridgehead atoms. The van der Waals surface area contributed by atoms with Crippen LogP contribution in [-0.2, 0) is 0 Å². The molecule has 0 unspecified atom stereocenters. The van der Waals surface area contributed by atoms with Crippen molar-refractivity contribution in [2.75, 3.05) is 11.2 Å². The molecule has 0 aliphatic carbocycles. The van der Waals surface area contributed by atoms with Crippen molar-refractivity contribution >= 4 is 22.5 Å². The normalized spacial score (nSPS) is 10.6. The number of anilines is 2. The molecule has 0 radical (unpaired) electrons. The second-order valence-corrected chi connectivity index (χ2v) is 6.12. The highest BCUT2D eigenvalue weighted by Gasteiger charge is 2.15. The topological polar surface area (TPSA) is 146 Å². The Kier molecular flexibility index (Phi) is 4.20. The highest BCUT2D eigenvalue weighted by Crippen LogP contribution is 2.33. The van der Waals surface area contributed by atoms with Crippen LogP contribution in [0, 0.1) is 11.3 Å². The maximum Gasteiger partial charge on any atom is 0.249 e. The van der Waals surface area contributed by atoms with Gasteiger partial charge in [-0.25, -0.2) is 9.97 Å². The van der Waals surface area contributed by atoms with Gasteiger partial charge in [0.1, 0.15) is 5.52 Å². The second-order valence-electron chi connectivity index (χ2n) is 6.12. The van der Waals surface area contributed by atoms with Crippen LogP contribution in [-0.4, -0.2) is 15.0 Å². The average molecular weight is 369 g/mol. The number of aromatic nitrogens is 3. The number of nitrogen functional groups attached to an aromatic ring is 2. The Labute approximate surface area is 159 Å². The molecule has 2 heterocycles. The number of rotatable bonds is 3. The van der Waals surface area contributed by atoms with E-state index < -0.39 is 0 Å². The first-order chi connectivity index (χ1) is 13.6. The van der Waals surface area contributed by atoms with Gasteiger partial charge in [0.05, 0.1) is 34.4 Å². The number of benzene rings is 2. The lowest BCUT2D eigenvalue weighted by molar-refractivity contribution is 1.19. The van der Waals surface area contributed by atoms with Gasteiger partial charge in [-0.3, -0.25) is 10.6 Å². The number of nitrogens with one attached hydrogen (secondary N) is 2. The van der Waals surface area contributed by atoms with Gasteiger partial charge in [0.2, 0.25) is 5.56 Å². The molecule has 0 aliphatic rings. The number of pyridine rings is 1. The van der Waals surface area contributed by atoms with Crippen LogP contribution in [0.25, 0.3) is 33.7 Å². The number of H-pyrrole nitrogens is 1. The fourth-order valence-corrected chi connectivity index (χ4v) is 2.94. The molecule has 28 heavy (non-hydrogen) atoms. The molecule has 8 heteroatoms. The van der Waals surface area contributed by atoms with E-state index in [2.05, 4.69) is 21.5 Å². The molecule has 0 atom stereocenters. The number of fused-ring (bicyclic) bond motifs is 1. The molecule has 0 saturated carbocycles. The van der Waals surface area contributed by atoms with E-state index in [4.69, 9.17) is 16.6 Å². The average Bonchev–Trinajstić information content (AvgIpc) is 2.73. The van der Waals surface area contributed by atoms with Crippen LogP contribution in [0.1, 0.15) is 5.56 Å². The Bertz CT molecular complexity index is 1300. The van der Waals surface area contributed by atoms with Gasteiger partial charge in [-0.05, 0) is 30.3 Å². The predicted octanol–water partition coefficient (Wildman–Crippen LogP) is 2.39. The molecule has 2 aromatic carbocycles. The zero-order valence-electron chi connectivity index (χ0n) is 14.6. The summed E-state index contributed by atoms with van der Waals surface area (Å²) >= 11 is 0. The van der Waals surface area contributed by atoms with Crippen LogP contribution in [0.5, 0.6) is 0 Å². The zero-order valence-corrected chi connectivity index (χ0v) is 14.6. The van der Waals surface area contributed by atoms with Crippen LogP contribution < -0.4 is 22.6 Å². The number of nitrogens with zero attached hydrogens (tertiary/aromatic N) is 3. The third-order valence-electron chi connectivity index (χ3n) is 4.30. The Morgan fingerprint density at radius 2 is 1.79 bits per heavy atom. The van der Waals surface area contributed by atoms with Crippen LogP contribution in [0.4, 0.5) is 11.4 Å². The van der Waals surface area contributed by atoms with Crippen LogP contribution >= 0.6 is 0 Å². The van der Waals surface area contributed by atoms with Crippen LogP contribution in [0.15, 0.2) is 59.4 Å². The molecule has 0 saturated heterocycles. The number of nitriles is 1. The van der Waals surface area contributed by atoms with Gasteiger partial charge in [0.15, 0.2) is 5.65 Å². The summed E-state index contributed by atoms with van der Waals surface area (Å²) in [6, 6.07) is 17.5. The first kappa shape index (κ1) is 17.2. The molecule has 2 aromatic heterocycles. The number of hydrogen-bond donors (Lipinski definition) is 4. The first-order valence-corrected chi connectivity index (χ1v) is 8.37. The summed E-state index contributed by atoms with van der Waals surface area (Å²) < 4.78 is 0.